The van der Waals surface area contributed by atoms with Gasteiger partial charge in [-0.15, -0.1) is 12.4 Å². The number of nitrogens with one attached hydrogen (secondary N) is 2. The van der Waals surface area contributed by atoms with Crippen LogP contribution >= 0.6 is 12.4 Å². The molecular weight excluding hydrogens is 357 g/mol. The number of carbonyl (C=O) groups is 1. The SMILES string of the molecule is Cl.O=C(/C=C/c1ccc(Cc2ncc(-c3ccc(F)cc3)[nH]2)cc1)NO. The lowest BCUT2D eigenvalue weighted by atomic mass is 10.1. The summed E-state index contributed by atoms with van der Waals surface area (Å²) in [5.74, 6) is -0.0376. The molecule has 5 nitrogen and oxygen atoms in total. The summed E-state index contributed by atoms with van der Waals surface area (Å²) >= 11 is 0. The lowest BCUT2D eigenvalue weighted by Gasteiger charge is -2.00. The Hall–Kier alpha value is -2.96. The first-order valence-corrected chi connectivity index (χ1v) is 7.65. The quantitative estimate of drug-likeness (QED) is 0.362. The lowest BCUT2D eigenvalue weighted by Crippen LogP contribution is -2.14. The zero-order valence-electron chi connectivity index (χ0n) is 13.6. The normalized spacial score (nSPS) is 10.5. The van der Waals surface area contributed by atoms with Crippen LogP contribution in [0.15, 0.2) is 60.8 Å². The van der Waals surface area contributed by atoms with Crippen LogP contribution in [0.5, 0.6) is 0 Å². The van der Waals surface area contributed by atoms with Crippen LogP contribution in [0.3, 0.4) is 0 Å². The highest BCUT2D eigenvalue weighted by Gasteiger charge is 2.05. The van der Waals surface area contributed by atoms with Gasteiger partial charge in [-0.2, -0.15) is 0 Å². The number of aromatic amines is 1. The molecule has 0 fully saturated rings. The van der Waals surface area contributed by atoms with Gasteiger partial charge in [0, 0.05) is 12.5 Å². The average Bonchev–Trinajstić information content (AvgIpc) is 3.10. The van der Waals surface area contributed by atoms with Crippen molar-refractivity contribution in [3.8, 4) is 11.3 Å². The third-order valence-corrected chi connectivity index (χ3v) is 3.67. The average molecular weight is 374 g/mol. The smallest absolute Gasteiger partial charge is 0.267 e. The Labute approximate surface area is 156 Å². The highest BCUT2D eigenvalue weighted by Crippen LogP contribution is 2.18. The molecule has 1 heterocycles. The Balaban J connectivity index is 0.00000243. The number of hydrogen-bond acceptors (Lipinski definition) is 3. The third-order valence-electron chi connectivity index (χ3n) is 3.67. The van der Waals surface area contributed by atoms with Crippen LogP contribution in [0.25, 0.3) is 17.3 Å². The number of hydroxylamine groups is 1. The molecule has 1 aromatic heterocycles. The molecule has 0 aliphatic heterocycles. The van der Waals surface area contributed by atoms with E-state index in [1.54, 1.807) is 24.4 Å². The van der Waals surface area contributed by atoms with Crippen LogP contribution in [0.4, 0.5) is 4.39 Å². The second-order valence-corrected chi connectivity index (χ2v) is 5.48. The summed E-state index contributed by atoms with van der Waals surface area (Å²) in [5, 5.41) is 8.44. The monoisotopic (exact) mass is 373 g/mol. The standard InChI is InChI=1S/C19H16FN3O2.ClH/c20-16-8-6-15(7-9-16)17-12-21-18(22-17)11-14-3-1-13(2-4-14)5-10-19(24)23-25;/h1-10,12,25H,11H2,(H,21,22)(H,23,24);1H/b10-5+;. The Morgan fingerprint density at radius 3 is 2.50 bits per heavy atom. The minimum Gasteiger partial charge on any atom is -0.342 e. The highest BCUT2D eigenvalue weighted by molar-refractivity contribution is 5.90. The van der Waals surface area contributed by atoms with Gasteiger partial charge in [-0.05, 0) is 47.0 Å². The van der Waals surface area contributed by atoms with Crippen LogP contribution in [-0.2, 0) is 11.2 Å². The van der Waals surface area contributed by atoms with Gasteiger partial charge < -0.3 is 4.98 Å². The maximum atomic E-state index is 13.0. The van der Waals surface area contributed by atoms with E-state index in [0.29, 0.717) is 6.42 Å². The molecule has 3 aromatic rings. The zero-order chi connectivity index (χ0) is 17.6. The molecule has 0 spiro atoms. The molecule has 3 rings (SSSR count). The van der Waals surface area contributed by atoms with E-state index >= 15 is 0 Å². The number of rotatable bonds is 5. The Morgan fingerprint density at radius 1 is 1.15 bits per heavy atom. The van der Waals surface area contributed by atoms with Crippen molar-refractivity contribution in [2.24, 2.45) is 0 Å². The summed E-state index contributed by atoms with van der Waals surface area (Å²) in [6.07, 6.45) is 5.21. The number of aromatic nitrogens is 2. The summed E-state index contributed by atoms with van der Waals surface area (Å²) in [6.45, 7) is 0. The summed E-state index contributed by atoms with van der Waals surface area (Å²) in [6, 6.07) is 13.9. The number of halogens is 2. The molecule has 0 saturated carbocycles. The molecule has 134 valence electrons. The second kappa shape index (κ2) is 8.94. The van der Waals surface area contributed by atoms with Crippen LogP contribution in [0, 0.1) is 5.82 Å². The van der Waals surface area contributed by atoms with Crippen molar-refractivity contribution < 1.29 is 14.4 Å². The topological polar surface area (TPSA) is 78.0 Å². The third kappa shape index (κ3) is 5.02. The largest absolute Gasteiger partial charge is 0.342 e. The van der Waals surface area contributed by atoms with E-state index in [-0.39, 0.29) is 18.2 Å². The fourth-order valence-corrected chi connectivity index (χ4v) is 2.38. The maximum Gasteiger partial charge on any atom is 0.267 e. The second-order valence-electron chi connectivity index (χ2n) is 5.48. The fourth-order valence-electron chi connectivity index (χ4n) is 2.38. The van der Waals surface area contributed by atoms with Crippen molar-refractivity contribution in [3.63, 3.8) is 0 Å². The molecule has 3 N–H and O–H groups in total. The van der Waals surface area contributed by atoms with E-state index in [0.717, 1.165) is 28.2 Å². The summed E-state index contributed by atoms with van der Waals surface area (Å²) < 4.78 is 13.0. The Bertz CT molecular complexity index is 890. The van der Waals surface area contributed by atoms with Gasteiger partial charge in [0.2, 0.25) is 0 Å². The van der Waals surface area contributed by atoms with Crippen molar-refractivity contribution in [3.05, 3.63) is 83.6 Å². The number of nitrogens with zero attached hydrogens (tertiary/aromatic N) is 1. The maximum absolute atomic E-state index is 13.0. The van der Waals surface area contributed by atoms with E-state index in [1.807, 2.05) is 24.3 Å². The molecule has 2 aromatic carbocycles. The van der Waals surface area contributed by atoms with Gasteiger partial charge >= 0.3 is 0 Å². The first kappa shape index (κ1) is 19.4. The van der Waals surface area contributed by atoms with Crippen molar-refractivity contribution >= 4 is 24.4 Å². The van der Waals surface area contributed by atoms with Gasteiger partial charge in [-0.3, -0.25) is 10.0 Å². The first-order valence-electron chi connectivity index (χ1n) is 7.65. The Morgan fingerprint density at radius 2 is 1.85 bits per heavy atom. The molecule has 26 heavy (non-hydrogen) atoms. The molecule has 0 aliphatic rings. The van der Waals surface area contributed by atoms with E-state index < -0.39 is 5.91 Å². The summed E-state index contributed by atoms with van der Waals surface area (Å²) in [7, 11) is 0. The predicted molar refractivity (Wildman–Crippen MR) is 99.4 cm³/mol. The van der Waals surface area contributed by atoms with Crippen molar-refractivity contribution in [1.29, 1.82) is 0 Å². The molecule has 7 heteroatoms. The van der Waals surface area contributed by atoms with E-state index in [1.165, 1.54) is 23.7 Å². The van der Waals surface area contributed by atoms with E-state index in [2.05, 4.69) is 9.97 Å². The van der Waals surface area contributed by atoms with E-state index in [9.17, 15) is 9.18 Å². The molecule has 0 atom stereocenters. The predicted octanol–water partition coefficient (Wildman–Crippen LogP) is 3.75. The molecule has 0 unspecified atom stereocenters. The molecular formula is C19H17ClFN3O2. The minimum absolute atomic E-state index is 0. The fraction of sp³-hybridized carbons (Fsp3) is 0.0526. The molecule has 0 saturated heterocycles. The molecule has 1 amide bonds. The molecule has 0 bridgehead atoms. The van der Waals surface area contributed by atoms with Crippen LogP contribution in [0.2, 0.25) is 0 Å². The number of amides is 1. The number of H-pyrrole nitrogens is 1. The lowest BCUT2D eigenvalue weighted by molar-refractivity contribution is -0.124. The Kier molecular flexibility index (Phi) is 6.66. The van der Waals surface area contributed by atoms with Gasteiger partial charge in [0.05, 0.1) is 11.9 Å². The number of hydrogen-bond donors (Lipinski definition) is 3. The van der Waals surface area contributed by atoms with Gasteiger partial charge in [0.1, 0.15) is 11.6 Å². The number of carbonyl (C=O) groups excluding carboxylic acids is 1. The first-order chi connectivity index (χ1) is 12.1. The minimum atomic E-state index is -0.576. The van der Waals surface area contributed by atoms with Crippen molar-refractivity contribution in [1.82, 2.24) is 15.4 Å². The van der Waals surface area contributed by atoms with Crippen LogP contribution < -0.4 is 5.48 Å². The van der Waals surface area contributed by atoms with Gasteiger partial charge in [-0.1, -0.05) is 24.3 Å². The zero-order valence-corrected chi connectivity index (χ0v) is 14.5. The molecule has 0 radical (unpaired) electrons. The van der Waals surface area contributed by atoms with Gasteiger partial charge in [-0.25, -0.2) is 14.9 Å². The highest BCUT2D eigenvalue weighted by atomic mass is 35.5. The number of benzene rings is 2. The van der Waals surface area contributed by atoms with Crippen molar-refractivity contribution in [2.45, 2.75) is 6.42 Å². The van der Waals surface area contributed by atoms with Gasteiger partial charge in [0.15, 0.2) is 0 Å². The van der Waals surface area contributed by atoms with Crippen LogP contribution in [-0.4, -0.2) is 21.1 Å². The van der Waals surface area contributed by atoms with Gasteiger partial charge in [0.25, 0.3) is 5.91 Å². The number of imidazole rings is 1. The summed E-state index contributed by atoms with van der Waals surface area (Å²) in [4.78, 5) is 18.5. The summed E-state index contributed by atoms with van der Waals surface area (Å²) in [5.41, 5.74) is 5.16. The van der Waals surface area contributed by atoms with Crippen molar-refractivity contribution in [2.75, 3.05) is 0 Å². The molecule has 0 aliphatic carbocycles. The van der Waals surface area contributed by atoms with E-state index in [4.69, 9.17) is 5.21 Å². The van der Waals surface area contributed by atoms with Crippen LogP contribution in [0.1, 0.15) is 17.0 Å².